The van der Waals surface area contributed by atoms with Crippen molar-refractivity contribution in [2.24, 2.45) is 0 Å². The highest BCUT2D eigenvalue weighted by Gasteiger charge is 2.26. The predicted molar refractivity (Wildman–Crippen MR) is 208 cm³/mol. The summed E-state index contributed by atoms with van der Waals surface area (Å²) in [6.07, 6.45) is -0.233. The normalized spacial score (nSPS) is 13.8. The molecule has 0 saturated heterocycles. The van der Waals surface area contributed by atoms with Gasteiger partial charge in [0.15, 0.2) is 6.23 Å². The van der Waals surface area contributed by atoms with Gasteiger partial charge in [0.25, 0.3) is 0 Å². The predicted octanol–water partition coefficient (Wildman–Crippen LogP) is 13.0. The zero-order chi connectivity index (χ0) is 32.3. The molecule has 3 nitrogen and oxygen atoms in total. The third-order valence-electron chi connectivity index (χ3n) is 9.68. The van der Waals surface area contributed by atoms with Gasteiger partial charge in [0.1, 0.15) is 5.75 Å². The number of benzene rings is 8. The Balaban J connectivity index is 1.19. The molecule has 49 heavy (non-hydrogen) atoms. The Labute approximate surface area is 288 Å². The molecule has 1 aliphatic heterocycles. The van der Waals surface area contributed by atoms with E-state index in [2.05, 4.69) is 174 Å². The summed E-state index contributed by atoms with van der Waals surface area (Å²) in [5, 5.41) is 11.0. The van der Waals surface area contributed by atoms with Crippen molar-refractivity contribution in [1.29, 1.82) is 0 Å². The molecule has 0 amide bonds. The Morgan fingerprint density at radius 1 is 0.510 bits per heavy atom. The molecule has 10 rings (SSSR count). The van der Waals surface area contributed by atoms with Crippen molar-refractivity contribution < 1.29 is 4.74 Å². The first-order valence-corrected chi connectivity index (χ1v) is 17.4. The van der Waals surface area contributed by atoms with Crippen LogP contribution in [-0.2, 0) is 0 Å². The molecular formula is C45H30N2OS. The number of nitrogens with one attached hydrogen (secondary N) is 1. The van der Waals surface area contributed by atoms with Gasteiger partial charge in [0, 0.05) is 48.1 Å². The number of hydrogen-bond donors (Lipinski definition) is 1. The zero-order valence-electron chi connectivity index (χ0n) is 26.5. The van der Waals surface area contributed by atoms with E-state index in [0.717, 1.165) is 34.1 Å². The van der Waals surface area contributed by atoms with Gasteiger partial charge in [0.05, 0.1) is 11.4 Å². The standard InChI is InChI=1S/C45H30N2OS/c1-3-12-31(13-4-1)45-46-44-39(48-45)27-25-30-23-22-29-24-26-33(28-37(29)42(30)44)47(32-14-5-2-6-15-32)38-19-9-7-16-34(38)35-18-11-21-41-43(35)36-17-8-10-20-40(36)49-41/h1-28,45-46H. The largest absolute Gasteiger partial charge is 0.464 e. The highest BCUT2D eigenvalue weighted by atomic mass is 32.1. The lowest BCUT2D eigenvalue weighted by atomic mass is 9.96. The van der Waals surface area contributed by atoms with Crippen LogP contribution in [0.25, 0.3) is 52.8 Å². The smallest absolute Gasteiger partial charge is 0.196 e. The first-order valence-electron chi connectivity index (χ1n) is 16.6. The lowest BCUT2D eigenvalue weighted by Gasteiger charge is -2.28. The SMILES string of the molecule is c1ccc(C2Nc3c(ccc4ccc5ccc(N(c6ccccc6)c6ccccc6-c6cccc7sc8ccccc8c67)cc5c34)O2)cc1. The Morgan fingerprint density at radius 2 is 1.20 bits per heavy atom. The fourth-order valence-electron chi connectivity index (χ4n) is 7.46. The molecule has 0 spiro atoms. The molecular weight excluding hydrogens is 617 g/mol. The van der Waals surface area contributed by atoms with Crippen molar-refractivity contribution in [2.45, 2.75) is 6.23 Å². The average molecular weight is 647 g/mol. The summed E-state index contributed by atoms with van der Waals surface area (Å²) in [6, 6.07) is 60.9. The van der Waals surface area contributed by atoms with E-state index in [1.54, 1.807) is 0 Å². The molecule has 8 aromatic carbocycles. The monoisotopic (exact) mass is 646 g/mol. The number of para-hydroxylation sites is 2. The molecule has 1 atom stereocenters. The first kappa shape index (κ1) is 28.0. The van der Waals surface area contributed by atoms with Gasteiger partial charge in [0.2, 0.25) is 0 Å². The molecule has 4 heteroatoms. The van der Waals surface area contributed by atoms with Crippen LogP contribution in [0.1, 0.15) is 11.8 Å². The summed E-state index contributed by atoms with van der Waals surface area (Å²) in [4.78, 5) is 2.40. The van der Waals surface area contributed by atoms with Crippen LogP contribution in [0.15, 0.2) is 170 Å². The third-order valence-corrected chi connectivity index (χ3v) is 10.8. The van der Waals surface area contributed by atoms with Gasteiger partial charge in [-0.2, -0.15) is 0 Å². The van der Waals surface area contributed by atoms with Gasteiger partial charge >= 0.3 is 0 Å². The van der Waals surface area contributed by atoms with E-state index in [1.165, 1.54) is 52.8 Å². The van der Waals surface area contributed by atoms with E-state index < -0.39 is 0 Å². The summed E-state index contributed by atoms with van der Waals surface area (Å²) in [5.41, 5.74) is 7.91. The number of rotatable bonds is 5. The molecule has 0 fully saturated rings. The Bertz CT molecular complexity index is 2680. The van der Waals surface area contributed by atoms with Crippen LogP contribution in [0.4, 0.5) is 22.7 Å². The van der Waals surface area contributed by atoms with Gasteiger partial charge in [-0.3, -0.25) is 0 Å². The van der Waals surface area contributed by atoms with E-state index >= 15 is 0 Å². The van der Waals surface area contributed by atoms with Crippen molar-refractivity contribution in [2.75, 3.05) is 10.2 Å². The van der Waals surface area contributed by atoms with Crippen molar-refractivity contribution >= 4 is 75.8 Å². The van der Waals surface area contributed by atoms with Crippen LogP contribution in [0.5, 0.6) is 5.75 Å². The topological polar surface area (TPSA) is 24.5 Å². The van der Waals surface area contributed by atoms with E-state index in [0.29, 0.717) is 0 Å². The molecule has 1 aliphatic rings. The van der Waals surface area contributed by atoms with Crippen molar-refractivity contribution in [3.63, 3.8) is 0 Å². The molecule has 0 radical (unpaired) electrons. The Hall–Kier alpha value is -6.10. The maximum Gasteiger partial charge on any atom is 0.196 e. The third kappa shape index (κ3) is 4.56. The number of hydrogen-bond acceptors (Lipinski definition) is 4. The maximum atomic E-state index is 6.47. The molecule has 1 N–H and O–H groups in total. The summed E-state index contributed by atoms with van der Waals surface area (Å²) in [7, 11) is 0. The van der Waals surface area contributed by atoms with Crippen LogP contribution >= 0.6 is 11.3 Å². The van der Waals surface area contributed by atoms with Gasteiger partial charge in [-0.05, 0) is 70.3 Å². The molecule has 0 bridgehead atoms. The maximum absolute atomic E-state index is 6.47. The van der Waals surface area contributed by atoms with Crippen LogP contribution in [0, 0.1) is 0 Å². The van der Waals surface area contributed by atoms with Crippen LogP contribution < -0.4 is 15.0 Å². The second-order valence-corrected chi connectivity index (χ2v) is 13.6. The van der Waals surface area contributed by atoms with Gasteiger partial charge in [-0.15, -0.1) is 11.3 Å². The quantitative estimate of drug-likeness (QED) is 0.188. The van der Waals surface area contributed by atoms with E-state index in [1.807, 2.05) is 17.4 Å². The van der Waals surface area contributed by atoms with Crippen LogP contribution in [0.2, 0.25) is 0 Å². The summed E-state index contributed by atoms with van der Waals surface area (Å²) >= 11 is 1.86. The molecule has 0 aliphatic carbocycles. The van der Waals surface area contributed by atoms with Gasteiger partial charge in [-0.25, -0.2) is 0 Å². The van der Waals surface area contributed by atoms with Gasteiger partial charge < -0.3 is 15.0 Å². The molecule has 1 aromatic heterocycles. The van der Waals surface area contributed by atoms with E-state index in [9.17, 15) is 0 Å². The second-order valence-electron chi connectivity index (χ2n) is 12.5. The minimum Gasteiger partial charge on any atom is -0.464 e. The fraction of sp³-hybridized carbons (Fsp3) is 0.0222. The number of thiophene rings is 1. The molecule has 232 valence electrons. The fourth-order valence-corrected chi connectivity index (χ4v) is 8.59. The second kappa shape index (κ2) is 11.3. The number of nitrogens with zero attached hydrogens (tertiary/aromatic N) is 1. The van der Waals surface area contributed by atoms with Crippen LogP contribution in [0.3, 0.4) is 0 Å². The Kier molecular flexibility index (Phi) is 6.42. The number of ether oxygens (including phenoxy) is 1. The zero-order valence-corrected chi connectivity index (χ0v) is 27.3. The minimum atomic E-state index is -0.233. The Morgan fingerprint density at radius 3 is 2.10 bits per heavy atom. The lowest BCUT2D eigenvalue weighted by Crippen LogP contribution is -2.11. The molecule has 2 heterocycles. The van der Waals surface area contributed by atoms with E-state index in [-0.39, 0.29) is 6.23 Å². The molecule has 0 saturated carbocycles. The van der Waals surface area contributed by atoms with Crippen molar-refractivity contribution in [1.82, 2.24) is 0 Å². The summed E-state index contributed by atoms with van der Waals surface area (Å²) in [6.45, 7) is 0. The number of fused-ring (bicyclic) bond motifs is 8. The van der Waals surface area contributed by atoms with Gasteiger partial charge in [-0.1, -0.05) is 121 Å². The van der Waals surface area contributed by atoms with E-state index in [4.69, 9.17) is 4.74 Å². The van der Waals surface area contributed by atoms with Crippen LogP contribution in [-0.4, -0.2) is 0 Å². The highest BCUT2D eigenvalue weighted by molar-refractivity contribution is 7.25. The molecule has 1 unspecified atom stereocenters. The highest BCUT2D eigenvalue weighted by Crippen LogP contribution is 2.48. The first-order chi connectivity index (χ1) is 24.3. The van der Waals surface area contributed by atoms with Crippen molar-refractivity contribution in [3.8, 4) is 16.9 Å². The molecule has 9 aromatic rings. The lowest BCUT2D eigenvalue weighted by molar-refractivity contribution is 0.260. The summed E-state index contributed by atoms with van der Waals surface area (Å²) < 4.78 is 9.08. The number of anilines is 4. The average Bonchev–Trinajstić information content (AvgIpc) is 3.78. The summed E-state index contributed by atoms with van der Waals surface area (Å²) in [5.74, 6) is 0.876. The van der Waals surface area contributed by atoms with Crippen molar-refractivity contribution in [3.05, 3.63) is 175 Å². The minimum absolute atomic E-state index is 0.233.